The molecule has 2 aromatic carbocycles. The fourth-order valence-electron chi connectivity index (χ4n) is 3.06. The van der Waals surface area contributed by atoms with Crippen LogP contribution in [-0.2, 0) is 4.79 Å². The van der Waals surface area contributed by atoms with E-state index in [1.54, 1.807) is 18.2 Å². The highest BCUT2D eigenvalue weighted by molar-refractivity contribution is 6.33. The number of carbonyl (C=O) groups is 1. The number of aromatic amines is 1. The molecule has 0 aliphatic heterocycles. The topological polar surface area (TPSA) is 54.9 Å². The minimum absolute atomic E-state index is 0.0926. The van der Waals surface area contributed by atoms with E-state index in [9.17, 15) is 9.59 Å². The van der Waals surface area contributed by atoms with Crippen LogP contribution in [0.3, 0.4) is 0 Å². The molecule has 0 radical (unpaired) electrons. The largest absolute Gasteiger partial charge is 0.295 e. The third-order valence-electron chi connectivity index (χ3n) is 4.35. The number of aromatic nitrogens is 2. The Morgan fingerprint density at radius 3 is 2.44 bits per heavy atom. The number of benzene rings is 2. The van der Waals surface area contributed by atoms with E-state index in [0.29, 0.717) is 11.1 Å². The Morgan fingerprint density at radius 2 is 1.64 bits per heavy atom. The van der Waals surface area contributed by atoms with Crippen LogP contribution in [0.15, 0.2) is 65.5 Å². The van der Waals surface area contributed by atoms with Gasteiger partial charge in [-0.2, -0.15) is 0 Å². The van der Waals surface area contributed by atoms with Gasteiger partial charge in [0.05, 0.1) is 11.3 Å². The molecule has 1 aliphatic carbocycles. The van der Waals surface area contributed by atoms with Crippen LogP contribution in [0, 0.1) is 6.92 Å². The van der Waals surface area contributed by atoms with Crippen molar-refractivity contribution in [2.24, 2.45) is 0 Å². The fraction of sp³-hybridized carbons (Fsp3) is 0.0476. The second kappa shape index (κ2) is 5.91. The van der Waals surface area contributed by atoms with Crippen LogP contribution in [0.5, 0.6) is 0 Å². The zero-order chi connectivity index (χ0) is 17.4. The van der Waals surface area contributed by atoms with E-state index < -0.39 is 0 Å². The third-order valence-corrected chi connectivity index (χ3v) is 4.35. The number of para-hydroxylation sites is 1. The van der Waals surface area contributed by atoms with Crippen LogP contribution in [0.4, 0.5) is 0 Å². The standard InChI is InChI=1S/C21H16N2O2/c1-14-18(21(25)23(22-14)16-8-3-2-4-9-16)13-19-17-10-6-5-7-15(17)11-12-20(19)24/h2-13,22H,1H3/b19-13-. The summed E-state index contributed by atoms with van der Waals surface area (Å²) in [4.78, 5) is 25.2. The van der Waals surface area contributed by atoms with Crippen molar-refractivity contribution in [3.63, 3.8) is 0 Å². The van der Waals surface area contributed by atoms with Crippen molar-refractivity contribution >= 4 is 23.5 Å². The highest BCUT2D eigenvalue weighted by Gasteiger charge is 2.19. The second-order valence-corrected chi connectivity index (χ2v) is 5.97. The molecule has 4 rings (SSSR count). The van der Waals surface area contributed by atoms with Crippen LogP contribution < -0.4 is 5.56 Å². The van der Waals surface area contributed by atoms with Gasteiger partial charge in [-0.05, 0) is 42.3 Å². The van der Waals surface area contributed by atoms with Crippen LogP contribution in [0.1, 0.15) is 22.4 Å². The van der Waals surface area contributed by atoms with Gasteiger partial charge in [0.15, 0.2) is 5.78 Å². The van der Waals surface area contributed by atoms with Gasteiger partial charge < -0.3 is 0 Å². The van der Waals surface area contributed by atoms with E-state index in [1.165, 1.54) is 4.68 Å². The number of hydrogen-bond donors (Lipinski definition) is 1. The molecular weight excluding hydrogens is 312 g/mol. The molecule has 1 aliphatic rings. The average Bonchev–Trinajstić information content (AvgIpc) is 2.93. The van der Waals surface area contributed by atoms with Crippen LogP contribution >= 0.6 is 0 Å². The molecule has 4 heteroatoms. The SMILES string of the molecule is Cc1[nH]n(-c2ccccc2)c(=O)c1/C=C1\C(=O)C=Cc2ccccc21. The Labute approximate surface area is 144 Å². The smallest absolute Gasteiger partial charge is 0.278 e. The van der Waals surface area contributed by atoms with E-state index in [-0.39, 0.29) is 11.3 Å². The van der Waals surface area contributed by atoms with E-state index in [4.69, 9.17) is 0 Å². The lowest BCUT2D eigenvalue weighted by Gasteiger charge is -2.12. The first kappa shape index (κ1) is 15.1. The lowest BCUT2D eigenvalue weighted by Crippen LogP contribution is -2.16. The minimum Gasteiger partial charge on any atom is -0.295 e. The number of ketones is 1. The van der Waals surface area contributed by atoms with Gasteiger partial charge in [0.25, 0.3) is 5.56 Å². The van der Waals surface area contributed by atoms with Crippen molar-refractivity contribution in [2.45, 2.75) is 6.92 Å². The lowest BCUT2D eigenvalue weighted by molar-refractivity contribution is -0.109. The van der Waals surface area contributed by atoms with Crippen molar-refractivity contribution in [3.8, 4) is 5.69 Å². The molecule has 1 N–H and O–H groups in total. The van der Waals surface area contributed by atoms with Crippen molar-refractivity contribution in [3.05, 3.63) is 93.4 Å². The van der Waals surface area contributed by atoms with Gasteiger partial charge in [-0.15, -0.1) is 0 Å². The molecule has 1 aromatic heterocycles. The number of aryl methyl sites for hydroxylation is 1. The minimum atomic E-state index is -0.170. The molecule has 122 valence electrons. The average molecular weight is 328 g/mol. The van der Waals surface area contributed by atoms with Crippen LogP contribution in [0.25, 0.3) is 23.4 Å². The molecule has 0 unspecified atom stereocenters. The first-order chi connectivity index (χ1) is 12.1. The summed E-state index contributed by atoms with van der Waals surface area (Å²) in [6.07, 6.45) is 5.05. The molecule has 0 fully saturated rings. The molecular formula is C21H16N2O2. The zero-order valence-corrected chi connectivity index (χ0v) is 13.7. The molecule has 25 heavy (non-hydrogen) atoms. The van der Waals surface area contributed by atoms with E-state index in [0.717, 1.165) is 22.5 Å². The van der Waals surface area contributed by atoms with Crippen molar-refractivity contribution in [1.29, 1.82) is 0 Å². The monoisotopic (exact) mass is 328 g/mol. The first-order valence-electron chi connectivity index (χ1n) is 8.06. The van der Waals surface area contributed by atoms with E-state index in [1.807, 2.05) is 61.5 Å². The summed E-state index contributed by atoms with van der Waals surface area (Å²) in [5, 5.41) is 3.09. The number of allylic oxidation sites excluding steroid dienone is 2. The maximum absolute atomic E-state index is 12.8. The molecule has 4 nitrogen and oxygen atoms in total. The van der Waals surface area contributed by atoms with Gasteiger partial charge in [0.2, 0.25) is 0 Å². The molecule has 3 aromatic rings. The Kier molecular flexibility index (Phi) is 3.58. The molecule has 0 saturated carbocycles. The van der Waals surface area contributed by atoms with Gasteiger partial charge in [-0.3, -0.25) is 14.7 Å². The summed E-state index contributed by atoms with van der Waals surface area (Å²) in [6, 6.07) is 17.1. The van der Waals surface area contributed by atoms with E-state index in [2.05, 4.69) is 5.10 Å². The zero-order valence-electron chi connectivity index (χ0n) is 13.7. The molecule has 0 spiro atoms. The number of fused-ring (bicyclic) bond motifs is 1. The van der Waals surface area contributed by atoms with Gasteiger partial charge in [-0.25, -0.2) is 4.68 Å². The van der Waals surface area contributed by atoms with Gasteiger partial charge >= 0.3 is 0 Å². The second-order valence-electron chi connectivity index (χ2n) is 5.97. The Balaban J connectivity index is 1.88. The van der Waals surface area contributed by atoms with Gasteiger partial charge in [0.1, 0.15) is 0 Å². The summed E-state index contributed by atoms with van der Waals surface area (Å²) in [5.74, 6) is -0.0926. The van der Waals surface area contributed by atoms with Crippen molar-refractivity contribution in [1.82, 2.24) is 9.78 Å². The lowest BCUT2D eigenvalue weighted by atomic mass is 9.90. The summed E-state index contributed by atoms with van der Waals surface area (Å²) in [5.41, 5.74) is 4.17. The normalized spacial score (nSPS) is 14.8. The Bertz CT molecular complexity index is 1080. The Morgan fingerprint density at radius 1 is 0.920 bits per heavy atom. The summed E-state index contributed by atoms with van der Waals surface area (Å²) in [6.45, 7) is 1.84. The van der Waals surface area contributed by atoms with Crippen LogP contribution in [-0.4, -0.2) is 15.6 Å². The quantitative estimate of drug-likeness (QED) is 0.731. The number of rotatable bonds is 2. The number of nitrogens with one attached hydrogen (secondary N) is 1. The number of nitrogens with zero attached hydrogens (tertiary/aromatic N) is 1. The fourth-order valence-corrected chi connectivity index (χ4v) is 3.06. The molecule has 1 heterocycles. The predicted octanol–water partition coefficient (Wildman–Crippen LogP) is 3.61. The van der Waals surface area contributed by atoms with Gasteiger partial charge in [-0.1, -0.05) is 48.5 Å². The van der Waals surface area contributed by atoms with Crippen molar-refractivity contribution in [2.75, 3.05) is 0 Å². The maximum Gasteiger partial charge on any atom is 0.278 e. The molecule has 0 atom stereocenters. The highest BCUT2D eigenvalue weighted by atomic mass is 16.1. The van der Waals surface area contributed by atoms with Crippen molar-refractivity contribution < 1.29 is 4.79 Å². The van der Waals surface area contributed by atoms with Gasteiger partial charge in [0, 0.05) is 11.3 Å². The van der Waals surface area contributed by atoms with Crippen LogP contribution in [0.2, 0.25) is 0 Å². The first-order valence-corrected chi connectivity index (χ1v) is 8.06. The Hall–Kier alpha value is -3.40. The summed E-state index contributed by atoms with van der Waals surface area (Å²) >= 11 is 0. The number of H-pyrrole nitrogens is 1. The third kappa shape index (κ3) is 2.58. The predicted molar refractivity (Wildman–Crippen MR) is 99.5 cm³/mol. The summed E-state index contributed by atoms with van der Waals surface area (Å²) < 4.78 is 1.50. The highest BCUT2D eigenvalue weighted by Crippen LogP contribution is 2.28. The molecule has 0 saturated heterocycles. The summed E-state index contributed by atoms with van der Waals surface area (Å²) in [7, 11) is 0. The molecule has 0 bridgehead atoms. The number of hydrogen-bond acceptors (Lipinski definition) is 2. The molecule has 0 amide bonds. The number of carbonyl (C=O) groups excluding carboxylic acids is 1. The van der Waals surface area contributed by atoms with E-state index >= 15 is 0 Å². The maximum atomic E-state index is 12.8.